The average molecular weight is 262 g/mol. The molecule has 4 heteroatoms. The molecule has 0 bridgehead atoms. The summed E-state index contributed by atoms with van der Waals surface area (Å²) < 4.78 is 5.12. The predicted molar refractivity (Wildman–Crippen MR) is 76.2 cm³/mol. The van der Waals surface area contributed by atoms with E-state index < -0.39 is 0 Å². The van der Waals surface area contributed by atoms with Gasteiger partial charge in [-0.05, 0) is 37.1 Å². The van der Waals surface area contributed by atoms with Gasteiger partial charge >= 0.3 is 0 Å². The first-order valence-electron chi connectivity index (χ1n) is 6.92. The number of oxime groups is 1. The molecule has 0 aromatic heterocycles. The fourth-order valence-electron chi connectivity index (χ4n) is 2.53. The number of nitrogens with one attached hydrogen (secondary N) is 1. The molecule has 1 aromatic carbocycles. The Labute approximate surface area is 114 Å². The highest BCUT2D eigenvalue weighted by Crippen LogP contribution is 2.17. The van der Waals surface area contributed by atoms with Crippen molar-refractivity contribution in [3.63, 3.8) is 0 Å². The maximum atomic E-state index is 9.15. The van der Waals surface area contributed by atoms with Crippen LogP contribution < -0.4 is 10.1 Å². The molecular weight excluding hydrogens is 240 g/mol. The van der Waals surface area contributed by atoms with Gasteiger partial charge in [0.2, 0.25) is 0 Å². The Morgan fingerprint density at radius 3 is 2.53 bits per heavy atom. The van der Waals surface area contributed by atoms with Gasteiger partial charge in [0.25, 0.3) is 0 Å². The summed E-state index contributed by atoms with van der Waals surface area (Å²) in [4.78, 5) is 0. The van der Waals surface area contributed by atoms with Gasteiger partial charge in [-0.1, -0.05) is 24.4 Å². The summed E-state index contributed by atoms with van der Waals surface area (Å²) in [6.07, 6.45) is 6.39. The Morgan fingerprint density at radius 1 is 1.26 bits per heavy atom. The minimum Gasteiger partial charge on any atom is -0.497 e. The lowest BCUT2D eigenvalue weighted by Crippen LogP contribution is -2.35. The minimum atomic E-state index is 0.559. The Morgan fingerprint density at radius 2 is 1.95 bits per heavy atom. The molecule has 4 nitrogen and oxygen atoms in total. The standard InChI is InChI=1S/C15H22N2O2/c1-19-14-9-7-12(8-10-14)15(17-18)11-16-13-5-3-2-4-6-13/h7-10,13,16,18H,2-6,11H2,1H3/b17-15+. The van der Waals surface area contributed by atoms with Crippen molar-refractivity contribution >= 4 is 5.71 Å². The zero-order valence-electron chi connectivity index (χ0n) is 11.4. The number of hydrogen-bond acceptors (Lipinski definition) is 4. The van der Waals surface area contributed by atoms with Gasteiger partial charge in [-0.3, -0.25) is 0 Å². The molecule has 0 saturated heterocycles. The SMILES string of the molecule is COc1ccc(/C(CNC2CCCCC2)=N/O)cc1. The Hall–Kier alpha value is -1.55. The fraction of sp³-hybridized carbons (Fsp3) is 0.533. The topological polar surface area (TPSA) is 53.8 Å². The molecule has 1 aromatic rings. The second-order valence-electron chi connectivity index (χ2n) is 4.99. The van der Waals surface area contributed by atoms with Crippen LogP contribution in [0.3, 0.4) is 0 Å². The van der Waals surface area contributed by atoms with Crippen molar-refractivity contribution in [3.05, 3.63) is 29.8 Å². The number of hydrogen-bond donors (Lipinski definition) is 2. The Kier molecular flexibility index (Phi) is 5.21. The van der Waals surface area contributed by atoms with Crippen molar-refractivity contribution in [2.75, 3.05) is 13.7 Å². The molecule has 0 radical (unpaired) electrons. The van der Waals surface area contributed by atoms with Crippen LogP contribution in [0.4, 0.5) is 0 Å². The Bertz CT molecular complexity index is 409. The third-order valence-electron chi connectivity index (χ3n) is 3.71. The van der Waals surface area contributed by atoms with E-state index in [1.165, 1.54) is 32.1 Å². The maximum absolute atomic E-state index is 9.15. The number of methoxy groups -OCH3 is 1. The first-order valence-corrected chi connectivity index (χ1v) is 6.92. The molecule has 0 heterocycles. The quantitative estimate of drug-likeness (QED) is 0.487. The van der Waals surface area contributed by atoms with Gasteiger partial charge in [-0.15, -0.1) is 0 Å². The average Bonchev–Trinajstić information content (AvgIpc) is 2.49. The Balaban J connectivity index is 1.91. The van der Waals surface area contributed by atoms with Crippen LogP contribution >= 0.6 is 0 Å². The molecule has 0 unspecified atom stereocenters. The van der Waals surface area contributed by atoms with Crippen LogP contribution in [0.5, 0.6) is 5.75 Å². The summed E-state index contributed by atoms with van der Waals surface area (Å²) in [5.74, 6) is 0.807. The summed E-state index contributed by atoms with van der Waals surface area (Å²) in [6.45, 7) is 0.605. The molecule has 0 spiro atoms. The smallest absolute Gasteiger partial charge is 0.118 e. The molecule has 0 atom stereocenters. The van der Waals surface area contributed by atoms with Gasteiger partial charge < -0.3 is 15.3 Å². The molecule has 19 heavy (non-hydrogen) atoms. The van der Waals surface area contributed by atoms with Crippen molar-refractivity contribution in [1.82, 2.24) is 5.32 Å². The molecule has 2 rings (SSSR count). The van der Waals surface area contributed by atoms with Crippen LogP contribution in [0.1, 0.15) is 37.7 Å². The van der Waals surface area contributed by atoms with E-state index in [0.29, 0.717) is 18.3 Å². The van der Waals surface area contributed by atoms with E-state index in [1.54, 1.807) is 7.11 Å². The molecular formula is C15H22N2O2. The van der Waals surface area contributed by atoms with E-state index in [-0.39, 0.29) is 0 Å². The van der Waals surface area contributed by atoms with Gasteiger partial charge in [0.15, 0.2) is 0 Å². The first kappa shape index (κ1) is 13.9. The number of nitrogens with zero attached hydrogens (tertiary/aromatic N) is 1. The lowest BCUT2D eigenvalue weighted by Gasteiger charge is -2.23. The molecule has 1 fully saturated rings. The van der Waals surface area contributed by atoms with E-state index >= 15 is 0 Å². The molecule has 2 N–H and O–H groups in total. The van der Waals surface area contributed by atoms with Crippen molar-refractivity contribution in [3.8, 4) is 5.75 Å². The van der Waals surface area contributed by atoms with Gasteiger partial charge in [0.1, 0.15) is 11.5 Å². The van der Waals surface area contributed by atoms with Gasteiger partial charge in [-0.2, -0.15) is 0 Å². The van der Waals surface area contributed by atoms with Crippen LogP contribution in [-0.2, 0) is 0 Å². The van der Waals surface area contributed by atoms with E-state index in [9.17, 15) is 0 Å². The normalized spacial score (nSPS) is 17.4. The fourth-order valence-corrected chi connectivity index (χ4v) is 2.53. The third kappa shape index (κ3) is 3.96. The van der Waals surface area contributed by atoms with Gasteiger partial charge in [0, 0.05) is 18.2 Å². The van der Waals surface area contributed by atoms with Crippen LogP contribution in [0, 0.1) is 0 Å². The number of rotatable bonds is 5. The predicted octanol–water partition coefficient (Wildman–Crippen LogP) is 2.80. The molecule has 104 valence electrons. The largest absolute Gasteiger partial charge is 0.497 e. The van der Waals surface area contributed by atoms with E-state index in [2.05, 4.69) is 10.5 Å². The van der Waals surface area contributed by atoms with Gasteiger partial charge in [-0.25, -0.2) is 0 Å². The van der Waals surface area contributed by atoms with E-state index in [0.717, 1.165) is 11.3 Å². The number of benzene rings is 1. The van der Waals surface area contributed by atoms with Crippen LogP contribution in [0.25, 0.3) is 0 Å². The second-order valence-corrected chi connectivity index (χ2v) is 4.99. The highest BCUT2D eigenvalue weighted by molar-refractivity contribution is 6.01. The summed E-state index contributed by atoms with van der Waals surface area (Å²) in [5, 5.41) is 16.0. The molecule has 1 aliphatic rings. The molecule has 0 amide bonds. The first-order chi connectivity index (χ1) is 9.33. The van der Waals surface area contributed by atoms with E-state index in [1.807, 2.05) is 24.3 Å². The summed E-state index contributed by atoms with van der Waals surface area (Å²) in [7, 11) is 1.64. The monoisotopic (exact) mass is 262 g/mol. The highest BCUT2D eigenvalue weighted by Gasteiger charge is 2.14. The molecule has 1 aliphatic carbocycles. The third-order valence-corrected chi connectivity index (χ3v) is 3.71. The van der Waals surface area contributed by atoms with Crippen LogP contribution in [0.2, 0.25) is 0 Å². The van der Waals surface area contributed by atoms with Crippen LogP contribution in [-0.4, -0.2) is 30.6 Å². The molecule has 0 aliphatic heterocycles. The molecule has 1 saturated carbocycles. The lowest BCUT2D eigenvalue weighted by molar-refractivity contribution is 0.316. The van der Waals surface area contributed by atoms with Crippen molar-refractivity contribution in [1.29, 1.82) is 0 Å². The number of ether oxygens (including phenoxy) is 1. The van der Waals surface area contributed by atoms with Crippen LogP contribution in [0.15, 0.2) is 29.4 Å². The van der Waals surface area contributed by atoms with Gasteiger partial charge in [0.05, 0.1) is 7.11 Å². The van der Waals surface area contributed by atoms with E-state index in [4.69, 9.17) is 9.94 Å². The summed E-state index contributed by atoms with van der Waals surface area (Å²) in [5.41, 5.74) is 1.60. The zero-order valence-corrected chi connectivity index (χ0v) is 11.4. The minimum absolute atomic E-state index is 0.559. The summed E-state index contributed by atoms with van der Waals surface area (Å²) >= 11 is 0. The lowest BCUT2D eigenvalue weighted by atomic mass is 9.95. The second kappa shape index (κ2) is 7.14. The maximum Gasteiger partial charge on any atom is 0.118 e. The van der Waals surface area contributed by atoms with Crippen molar-refractivity contribution < 1.29 is 9.94 Å². The van der Waals surface area contributed by atoms with Crippen molar-refractivity contribution in [2.24, 2.45) is 5.16 Å². The summed E-state index contributed by atoms with van der Waals surface area (Å²) in [6, 6.07) is 8.14. The highest BCUT2D eigenvalue weighted by atomic mass is 16.5. The van der Waals surface area contributed by atoms with Crippen molar-refractivity contribution in [2.45, 2.75) is 38.1 Å². The zero-order chi connectivity index (χ0) is 13.5.